The number of rotatable bonds is 4. The minimum absolute atomic E-state index is 0.146. The molecular weight excluding hydrogens is 254 g/mol. The Balaban J connectivity index is 2.12. The number of β-amino-alcohol motifs (C(OH)–C–C–N with tert-alkyl or cyclic N) is 1. The average molecular weight is 277 g/mol. The molecule has 1 amide bonds. The van der Waals surface area contributed by atoms with Crippen LogP contribution in [0.15, 0.2) is 18.2 Å². The molecular formula is C16H23NO3. The molecule has 1 heterocycles. The number of ether oxygens (including phenoxy) is 1. The van der Waals surface area contributed by atoms with Crippen molar-refractivity contribution in [2.75, 3.05) is 20.2 Å². The molecule has 0 spiro atoms. The van der Waals surface area contributed by atoms with E-state index in [9.17, 15) is 9.90 Å². The van der Waals surface area contributed by atoms with Gasteiger partial charge in [-0.15, -0.1) is 0 Å². The predicted octanol–water partition coefficient (Wildman–Crippen LogP) is 2.44. The van der Waals surface area contributed by atoms with Gasteiger partial charge in [-0.2, -0.15) is 0 Å². The summed E-state index contributed by atoms with van der Waals surface area (Å²) in [6, 6.07) is 5.73. The molecule has 4 heteroatoms. The molecule has 1 aromatic carbocycles. The number of nitrogens with zero attached hydrogens (tertiary/aromatic N) is 1. The van der Waals surface area contributed by atoms with Crippen LogP contribution in [0.4, 0.5) is 0 Å². The zero-order chi connectivity index (χ0) is 14.5. The molecule has 0 aromatic heterocycles. The monoisotopic (exact) mass is 277 g/mol. The first-order valence-electron chi connectivity index (χ1n) is 7.22. The van der Waals surface area contributed by atoms with Crippen molar-refractivity contribution in [2.45, 2.75) is 38.7 Å². The number of carbonyl (C=O) groups is 1. The summed E-state index contributed by atoms with van der Waals surface area (Å²) in [5, 5.41) is 10.4. The van der Waals surface area contributed by atoms with Crippen LogP contribution in [-0.4, -0.2) is 36.1 Å². The van der Waals surface area contributed by atoms with E-state index in [1.54, 1.807) is 12.0 Å². The highest BCUT2D eigenvalue weighted by molar-refractivity contribution is 5.76. The van der Waals surface area contributed by atoms with Crippen molar-refractivity contribution in [3.63, 3.8) is 0 Å². The Morgan fingerprint density at radius 2 is 2.15 bits per heavy atom. The molecule has 0 saturated carbocycles. The van der Waals surface area contributed by atoms with Gasteiger partial charge in [-0.05, 0) is 31.9 Å². The molecule has 1 aliphatic heterocycles. The maximum atomic E-state index is 12.0. The smallest absolute Gasteiger partial charge is 0.222 e. The number of likely N-dealkylation sites (tertiary alicyclic amines) is 1. The van der Waals surface area contributed by atoms with Crippen molar-refractivity contribution in [3.8, 4) is 5.75 Å². The third kappa shape index (κ3) is 3.51. The van der Waals surface area contributed by atoms with Crippen molar-refractivity contribution in [3.05, 3.63) is 29.3 Å². The summed E-state index contributed by atoms with van der Waals surface area (Å²) in [6.07, 6.45) is 2.96. The Morgan fingerprint density at radius 1 is 1.35 bits per heavy atom. The summed E-state index contributed by atoms with van der Waals surface area (Å²) in [5.41, 5.74) is 1.83. The van der Waals surface area contributed by atoms with Gasteiger partial charge >= 0.3 is 0 Å². The van der Waals surface area contributed by atoms with Crippen LogP contribution < -0.4 is 4.74 Å². The van der Waals surface area contributed by atoms with Gasteiger partial charge in [0.25, 0.3) is 0 Å². The van der Waals surface area contributed by atoms with Crippen LogP contribution in [0.2, 0.25) is 0 Å². The van der Waals surface area contributed by atoms with Crippen LogP contribution in [0.3, 0.4) is 0 Å². The number of aliphatic hydroxyl groups is 1. The molecule has 1 fully saturated rings. The number of carbonyl (C=O) groups excluding carboxylic acids is 1. The molecule has 110 valence electrons. The van der Waals surface area contributed by atoms with Crippen LogP contribution in [0.1, 0.15) is 42.9 Å². The fraction of sp³-hybridized carbons (Fsp3) is 0.562. The van der Waals surface area contributed by atoms with Crippen LogP contribution in [0.5, 0.6) is 5.75 Å². The van der Waals surface area contributed by atoms with E-state index in [2.05, 4.69) is 0 Å². The van der Waals surface area contributed by atoms with E-state index >= 15 is 0 Å². The van der Waals surface area contributed by atoms with Crippen LogP contribution in [0.25, 0.3) is 0 Å². The molecule has 4 nitrogen and oxygen atoms in total. The number of amides is 1. The largest absolute Gasteiger partial charge is 0.496 e. The second-order valence-corrected chi connectivity index (χ2v) is 5.41. The highest BCUT2D eigenvalue weighted by Crippen LogP contribution is 2.27. The Labute approximate surface area is 120 Å². The second kappa shape index (κ2) is 6.75. The zero-order valence-electron chi connectivity index (χ0n) is 12.3. The topological polar surface area (TPSA) is 49.8 Å². The van der Waals surface area contributed by atoms with Crippen molar-refractivity contribution in [2.24, 2.45) is 0 Å². The first-order valence-corrected chi connectivity index (χ1v) is 7.22. The number of benzene rings is 1. The van der Waals surface area contributed by atoms with Crippen LogP contribution >= 0.6 is 0 Å². The highest BCUT2D eigenvalue weighted by Gasteiger charge is 2.22. The molecule has 1 N–H and O–H groups in total. The summed E-state index contributed by atoms with van der Waals surface area (Å²) in [7, 11) is 1.60. The van der Waals surface area contributed by atoms with Crippen molar-refractivity contribution in [1.29, 1.82) is 0 Å². The highest BCUT2D eigenvalue weighted by atomic mass is 16.5. The lowest BCUT2D eigenvalue weighted by Gasteiger charge is -2.25. The maximum absolute atomic E-state index is 12.0. The Hall–Kier alpha value is -1.55. The lowest BCUT2D eigenvalue weighted by atomic mass is 10.0. The average Bonchev–Trinajstić information content (AvgIpc) is 2.64. The normalized spacial score (nSPS) is 17.8. The van der Waals surface area contributed by atoms with Crippen molar-refractivity contribution >= 4 is 5.91 Å². The number of aryl methyl sites for hydroxylation is 1. The van der Waals surface area contributed by atoms with E-state index in [1.165, 1.54) is 0 Å². The van der Waals surface area contributed by atoms with E-state index in [4.69, 9.17) is 4.74 Å². The molecule has 1 unspecified atom stereocenters. The molecule has 0 radical (unpaired) electrons. The second-order valence-electron chi connectivity index (χ2n) is 5.41. The summed E-state index contributed by atoms with van der Waals surface area (Å²) < 4.78 is 5.30. The van der Waals surface area contributed by atoms with Gasteiger partial charge in [-0.1, -0.05) is 18.1 Å². The van der Waals surface area contributed by atoms with Gasteiger partial charge in [0.05, 0.1) is 13.7 Å². The Kier molecular flexibility index (Phi) is 5.01. The molecule has 20 heavy (non-hydrogen) atoms. The van der Waals surface area contributed by atoms with E-state index in [0.717, 1.165) is 36.9 Å². The van der Waals surface area contributed by atoms with E-state index in [0.29, 0.717) is 18.7 Å². The zero-order valence-corrected chi connectivity index (χ0v) is 12.3. The lowest BCUT2D eigenvalue weighted by molar-refractivity contribution is -0.132. The van der Waals surface area contributed by atoms with Crippen molar-refractivity contribution < 1.29 is 14.6 Å². The molecule has 2 rings (SSSR count). The molecule has 0 bridgehead atoms. The maximum Gasteiger partial charge on any atom is 0.222 e. The quantitative estimate of drug-likeness (QED) is 0.919. The van der Waals surface area contributed by atoms with E-state index in [-0.39, 0.29) is 5.91 Å². The van der Waals surface area contributed by atoms with Crippen molar-refractivity contribution in [1.82, 2.24) is 4.90 Å². The van der Waals surface area contributed by atoms with Gasteiger partial charge in [-0.3, -0.25) is 4.79 Å². The van der Waals surface area contributed by atoms with Crippen LogP contribution in [0, 0.1) is 6.92 Å². The Morgan fingerprint density at radius 3 is 2.90 bits per heavy atom. The number of methoxy groups -OCH3 is 1. The number of aliphatic hydroxyl groups excluding tert-OH is 1. The fourth-order valence-corrected chi connectivity index (χ4v) is 2.65. The van der Waals surface area contributed by atoms with Gasteiger partial charge in [0, 0.05) is 18.5 Å². The van der Waals surface area contributed by atoms with Crippen LogP contribution in [-0.2, 0) is 4.79 Å². The summed E-state index contributed by atoms with van der Waals surface area (Å²) in [4.78, 5) is 13.8. The summed E-state index contributed by atoms with van der Waals surface area (Å²) in [5.74, 6) is 0.818. The summed E-state index contributed by atoms with van der Waals surface area (Å²) >= 11 is 0. The third-order valence-electron chi connectivity index (χ3n) is 3.81. The number of hydrogen-bond acceptors (Lipinski definition) is 3. The van der Waals surface area contributed by atoms with Gasteiger partial charge < -0.3 is 14.7 Å². The van der Waals surface area contributed by atoms with E-state index < -0.39 is 6.10 Å². The standard InChI is InChI=1S/C16H23NO3/c1-12-7-8-15(20-2)13(10-12)14(18)11-17-9-5-3-4-6-16(17)19/h7-8,10,14,18H,3-6,9,11H2,1-2H3. The lowest BCUT2D eigenvalue weighted by Crippen LogP contribution is -2.34. The SMILES string of the molecule is COc1ccc(C)cc1C(O)CN1CCCCCC1=O. The first-order chi connectivity index (χ1) is 9.61. The Bertz CT molecular complexity index is 473. The van der Waals surface area contributed by atoms with Gasteiger partial charge in [0.1, 0.15) is 11.9 Å². The molecule has 1 aromatic rings. The summed E-state index contributed by atoms with van der Waals surface area (Å²) in [6.45, 7) is 3.06. The number of hydrogen-bond donors (Lipinski definition) is 1. The van der Waals surface area contributed by atoms with E-state index in [1.807, 2.05) is 25.1 Å². The molecule has 1 saturated heterocycles. The minimum Gasteiger partial charge on any atom is -0.496 e. The minimum atomic E-state index is -0.702. The van der Waals surface area contributed by atoms with Gasteiger partial charge in [-0.25, -0.2) is 0 Å². The molecule has 1 aliphatic rings. The third-order valence-corrected chi connectivity index (χ3v) is 3.81. The predicted molar refractivity (Wildman–Crippen MR) is 77.7 cm³/mol. The first kappa shape index (κ1) is 14.9. The molecule has 1 atom stereocenters. The fourth-order valence-electron chi connectivity index (χ4n) is 2.65. The van der Waals surface area contributed by atoms with Gasteiger partial charge in [0.15, 0.2) is 0 Å². The van der Waals surface area contributed by atoms with Gasteiger partial charge in [0.2, 0.25) is 5.91 Å². The molecule has 0 aliphatic carbocycles.